The molecule has 3 rings (SSSR count). The van der Waals surface area contributed by atoms with Gasteiger partial charge in [-0.05, 0) is 60.9 Å². The second-order valence-corrected chi connectivity index (χ2v) is 7.14. The van der Waals surface area contributed by atoms with Gasteiger partial charge in [0.15, 0.2) is 5.78 Å². The summed E-state index contributed by atoms with van der Waals surface area (Å²) in [6, 6.07) is 15.3. The molecule has 152 valence electrons. The molecule has 0 spiro atoms. The molecule has 1 N–H and O–H groups in total. The van der Waals surface area contributed by atoms with Gasteiger partial charge in [-0.15, -0.1) is 0 Å². The van der Waals surface area contributed by atoms with Gasteiger partial charge in [-0.2, -0.15) is 5.26 Å². The normalized spacial score (nSPS) is 10.5. The van der Waals surface area contributed by atoms with Crippen LogP contribution in [0.4, 0.5) is 0 Å². The van der Waals surface area contributed by atoms with Gasteiger partial charge in [-0.25, -0.2) is 0 Å². The lowest BCUT2D eigenvalue weighted by atomic mass is 9.97. The zero-order valence-electron chi connectivity index (χ0n) is 16.5. The monoisotopic (exact) mass is 422 g/mol. The highest BCUT2D eigenvalue weighted by atomic mass is 35.5. The fourth-order valence-corrected chi connectivity index (χ4v) is 3.33. The van der Waals surface area contributed by atoms with Crippen LogP contribution in [0.5, 0.6) is 11.6 Å². The molecule has 1 heterocycles. The summed E-state index contributed by atoms with van der Waals surface area (Å²) >= 11 is 5.88. The summed E-state index contributed by atoms with van der Waals surface area (Å²) in [6.07, 6.45) is 0.417. The van der Waals surface area contributed by atoms with Gasteiger partial charge in [0.05, 0.1) is 12.7 Å². The van der Waals surface area contributed by atoms with Gasteiger partial charge in [0.1, 0.15) is 17.4 Å². The topological polar surface area (TPSA) is 92.3 Å². The maximum atomic E-state index is 13.0. The highest BCUT2D eigenvalue weighted by Crippen LogP contribution is 2.26. The van der Waals surface area contributed by atoms with Crippen LogP contribution in [0.2, 0.25) is 5.02 Å². The Kier molecular flexibility index (Phi) is 6.24. The van der Waals surface area contributed by atoms with Crippen molar-refractivity contribution in [3.8, 4) is 17.7 Å². The number of nitriles is 1. The predicted molar refractivity (Wildman–Crippen MR) is 113 cm³/mol. The Balaban J connectivity index is 2.03. The Labute approximate surface area is 178 Å². The number of nitrogens with zero attached hydrogens (tertiary/aromatic N) is 2. The zero-order chi connectivity index (χ0) is 21.8. The quantitative estimate of drug-likeness (QED) is 0.609. The first kappa shape index (κ1) is 21.2. The van der Waals surface area contributed by atoms with E-state index in [4.69, 9.17) is 16.3 Å². The van der Waals surface area contributed by atoms with Crippen molar-refractivity contribution in [3.63, 3.8) is 0 Å². The van der Waals surface area contributed by atoms with Crippen molar-refractivity contribution in [2.24, 2.45) is 0 Å². The number of hydrogen-bond acceptors (Lipinski definition) is 5. The fraction of sp³-hybridized carbons (Fsp3) is 0.174. The molecule has 0 radical (unpaired) electrons. The minimum absolute atomic E-state index is 0.0665. The number of halogens is 1. The maximum Gasteiger partial charge on any atom is 0.271 e. The highest BCUT2D eigenvalue weighted by Gasteiger charge is 2.24. The first-order valence-corrected chi connectivity index (χ1v) is 9.54. The SMILES string of the molecule is COc1ccc(CCn2c(O)c(C(=O)c3ccc(Cl)cc3)c(C)c(C#N)c2=O)cc1. The van der Waals surface area contributed by atoms with E-state index in [9.17, 15) is 20.0 Å². The molecule has 7 heteroatoms. The average molecular weight is 423 g/mol. The lowest BCUT2D eigenvalue weighted by Gasteiger charge is -2.16. The first-order chi connectivity index (χ1) is 14.4. The number of pyridine rings is 1. The van der Waals surface area contributed by atoms with E-state index in [1.54, 1.807) is 31.4 Å². The van der Waals surface area contributed by atoms with Gasteiger partial charge in [0.25, 0.3) is 5.56 Å². The number of methoxy groups -OCH3 is 1. The Morgan fingerprint density at radius 2 is 1.80 bits per heavy atom. The van der Waals surface area contributed by atoms with Crippen LogP contribution in [-0.4, -0.2) is 22.6 Å². The molecule has 30 heavy (non-hydrogen) atoms. The van der Waals surface area contributed by atoms with Crippen LogP contribution in [0.15, 0.2) is 53.3 Å². The van der Waals surface area contributed by atoms with Crippen molar-refractivity contribution in [1.82, 2.24) is 4.57 Å². The molecule has 0 amide bonds. The molecule has 0 saturated carbocycles. The van der Waals surface area contributed by atoms with Crippen molar-refractivity contribution in [1.29, 1.82) is 5.26 Å². The van der Waals surface area contributed by atoms with Gasteiger partial charge >= 0.3 is 0 Å². The standard InChI is InChI=1S/C23H19ClN2O4/c1-14-19(13-25)22(28)26(12-11-15-3-9-18(30-2)10-4-15)23(29)20(14)21(27)16-5-7-17(24)8-6-16/h3-10,29H,11-12H2,1-2H3. The summed E-state index contributed by atoms with van der Waals surface area (Å²) in [5.41, 5.74) is 0.492. The largest absolute Gasteiger partial charge is 0.497 e. The minimum Gasteiger partial charge on any atom is -0.497 e. The number of aromatic hydroxyl groups is 1. The number of carbonyl (C=O) groups is 1. The van der Waals surface area contributed by atoms with Crippen LogP contribution in [-0.2, 0) is 13.0 Å². The maximum absolute atomic E-state index is 13.0. The lowest BCUT2D eigenvalue weighted by Crippen LogP contribution is -2.27. The summed E-state index contributed by atoms with van der Waals surface area (Å²) in [5.74, 6) is -0.238. The highest BCUT2D eigenvalue weighted by molar-refractivity contribution is 6.30. The number of rotatable bonds is 6. The van der Waals surface area contributed by atoms with Gasteiger partial charge in [0.2, 0.25) is 5.88 Å². The third-order valence-corrected chi connectivity index (χ3v) is 5.17. The van der Waals surface area contributed by atoms with E-state index in [0.29, 0.717) is 22.8 Å². The Bertz CT molecular complexity index is 1190. The average Bonchev–Trinajstić information content (AvgIpc) is 2.74. The third-order valence-electron chi connectivity index (χ3n) is 4.92. The van der Waals surface area contributed by atoms with E-state index in [1.165, 1.54) is 19.1 Å². The molecule has 0 aliphatic heterocycles. The number of benzene rings is 2. The van der Waals surface area contributed by atoms with Crippen LogP contribution in [0, 0.1) is 18.3 Å². The van der Waals surface area contributed by atoms with E-state index < -0.39 is 17.2 Å². The molecule has 0 unspecified atom stereocenters. The van der Waals surface area contributed by atoms with Crippen molar-refractivity contribution >= 4 is 17.4 Å². The van der Waals surface area contributed by atoms with E-state index in [1.807, 2.05) is 18.2 Å². The van der Waals surface area contributed by atoms with Crippen LogP contribution in [0.1, 0.15) is 32.6 Å². The lowest BCUT2D eigenvalue weighted by molar-refractivity contribution is 0.103. The van der Waals surface area contributed by atoms with E-state index in [-0.39, 0.29) is 23.2 Å². The van der Waals surface area contributed by atoms with Crippen molar-refractivity contribution in [3.05, 3.63) is 91.7 Å². The number of carbonyl (C=O) groups excluding carboxylic acids is 1. The second-order valence-electron chi connectivity index (χ2n) is 6.70. The predicted octanol–water partition coefficient (Wildman–Crippen LogP) is 3.87. The molecule has 0 atom stereocenters. The zero-order valence-corrected chi connectivity index (χ0v) is 17.2. The number of ether oxygens (including phenoxy) is 1. The summed E-state index contributed by atoms with van der Waals surface area (Å²) in [4.78, 5) is 25.8. The second kappa shape index (κ2) is 8.85. The summed E-state index contributed by atoms with van der Waals surface area (Å²) < 4.78 is 6.20. The van der Waals surface area contributed by atoms with Crippen molar-refractivity contribution in [2.75, 3.05) is 7.11 Å². The Hall–Kier alpha value is -3.56. The van der Waals surface area contributed by atoms with E-state index in [0.717, 1.165) is 10.1 Å². The molecule has 0 fully saturated rings. The van der Waals surface area contributed by atoms with Crippen LogP contribution in [0.25, 0.3) is 0 Å². The summed E-state index contributed by atoms with van der Waals surface area (Å²) in [6.45, 7) is 1.59. The van der Waals surface area contributed by atoms with Crippen LogP contribution in [0.3, 0.4) is 0 Å². The molecule has 0 bridgehead atoms. The molecule has 0 saturated heterocycles. The first-order valence-electron chi connectivity index (χ1n) is 9.17. The van der Waals surface area contributed by atoms with Crippen LogP contribution >= 0.6 is 11.6 Å². The summed E-state index contributed by atoms with van der Waals surface area (Å²) in [7, 11) is 1.57. The Morgan fingerprint density at radius 1 is 1.17 bits per heavy atom. The molecule has 3 aromatic rings. The number of aryl methyl sites for hydroxylation is 1. The molecular weight excluding hydrogens is 404 g/mol. The van der Waals surface area contributed by atoms with Gasteiger partial charge in [0, 0.05) is 17.1 Å². The van der Waals surface area contributed by atoms with Crippen molar-refractivity contribution in [2.45, 2.75) is 19.9 Å². The molecule has 6 nitrogen and oxygen atoms in total. The molecule has 0 aliphatic rings. The van der Waals surface area contributed by atoms with E-state index >= 15 is 0 Å². The molecule has 2 aromatic carbocycles. The minimum atomic E-state index is -0.631. The van der Waals surface area contributed by atoms with Crippen molar-refractivity contribution < 1.29 is 14.6 Å². The van der Waals surface area contributed by atoms with Gasteiger partial charge in [-0.3, -0.25) is 14.2 Å². The van der Waals surface area contributed by atoms with Gasteiger partial charge < -0.3 is 9.84 Å². The molecular formula is C23H19ClN2O4. The number of hydrogen-bond donors (Lipinski definition) is 1. The molecule has 1 aromatic heterocycles. The smallest absolute Gasteiger partial charge is 0.271 e. The fourth-order valence-electron chi connectivity index (χ4n) is 3.21. The van der Waals surface area contributed by atoms with Gasteiger partial charge in [-0.1, -0.05) is 23.7 Å². The third kappa shape index (κ3) is 4.07. The van der Waals surface area contributed by atoms with Crippen LogP contribution < -0.4 is 10.3 Å². The number of ketones is 1. The number of aromatic nitrogens is 1. The summed E-state index contributed by atoms with van der Waals surface area (Å²) in [5, 5.41) is 20.8. The van der Waals surface area contributed by atoms with E-state index in [2.05, 4.69) is 0 Å². The Morgan fingerprint density at radius 3 is 2.37 bits per heavy atom. The molecule has 0 aliphatic carbocycles.